The Morgan fingerprint density at radius 3 is 3.18 bits per heavy atom. The molecule has 8 nitrogen and oxygen atoms in total. The third-order valence-corrected chi connectivity index (χ3v) is 2.81. The molecule has 0 amide bonds. The first-order chi connectivity index (χ1) is 8.31. The van der Waals surface area contributed by atoms with Crippen LogP contribution in [0.2, 0.25) is 0 Å². The number of hydrogen-bond acceptors (Lipinski definition) is 6. The summed E-state index contributed by atoms with van der Waals surface area (Å²) in [5.41, 5.74) is 5.85. The van der Waals surface area contributed by atoms with Gasteiger partial charge < -0.3 is 10.6 Å². The van der Waals surface area contributed by atoms with E-state index in [1.807, 2.05) is 0 Å². The van der Waals surface area contributed by atoms with Crippen LogP contribution in [-0.2, 0) is 6.54 Å². The minimum Gasteiger partial charge on any atom is -0.338 e. The second-order valence-corrected chi connectivity index (χ2v) is 4.17. The summed E-state index contributed by atoms with van der Waals surface area (Å²) in [5.74, 6) is 1.49. The molecular weight excluding hydrogens is 220 g/mol. The molecule has 3 rings (SSSR count). The van der Waals surface area contributed by atoms with Crippen molar-refractivity contribution < 1.29 is 0 Å². The molecule has 2 aromatic rings. The van der Waals surface area contributed by atoms with E-state index in [1.165, 1.54) is 6.33 Å². The molecule has 1 saturated heterocycles. The third-order valence-electron chi connectivity index (χ3n) is 2.81. The molecule has 1 aliphatic heterocycles. The maximum Gasteiger partial charge on any atom is 0.244 e. The highest BCUT2D eigenvalue weighted by Crippen LogP contribution is 2.14. The van der Waals surface area contributed by atoms with Crippen LogP contribution in [0.25, 0.3) is 0 Å². The maximum absolute atomic E-state index is 5.85. The van der Waals surface area contributed by atoms with Crippen LogP contribution in [-0.4, -0.2) is 49.1 Å². The van der Waals surface area contributed by atoms with Gasteiger partial charge >= 0.3 is 0 Å². The second-order valence-electron chi connectivity index (χ2n) is 4.17. The van der Waals surface area contributed by atoms with Crippen molar-refractivity contribution in [2.75, 3.05) is 18.0 Å². The van der Waals surface area contributed by atoms with Crippen molar-refractivity contribution in [2.45, 2.75) is 19.0 Å². The molecule has 0 aliphatic carbocycles. The van der Waals surface area contributed by atoms with Gasteiger partial charge in [-0.15, -0.1) is 5.10 Å². The van der Waals surface area contributed by atoms with Gasteiger partial charge in [0.25, 0.3) is 0 Å². The number of rotatable bonds is 3. The standard InChI is InChI=1S/C9H14N8/c10-7-1-2-16(3-7)9-13-8(14-15-9)4-17-6-11-5-12-17/h5-7H,1-4,10H2,(H,13,14,15). The summed E-state index contributed by atoms with van der Waals surface area (Å²) >= 11 is 0. The highest BCUT2D eigenvalue weighted by molar-refractivity contribution is 5.31. The lowest BCUT2D eigenvalue weighted by Gasteiger charge is -2.11. The lowest BCUT2D eigenvalue weighted by atomic mass is 10.3. The predicted octanol–water partition coefficient (Wildman–Crippen LogP) is -1.02. The topological polar surface area (TPSA) is 102 Å². The van der Waals surface area contributed by atoms with Gasteiger partial charge in [0.05, 0.1) is 0 Å². The summed E-state index contributed by atoms with van der Waals surface area (Å²) < 4.78 is 1.69. The van der Waals surface area contributed by atoms with Gasteiger partial charge in [-0.3, -0.25) is 5.10 Å². The Balaban J connectivity index is 1.70. The Morgan fingerprint density at radius 2 is 2.47 bits per heavy atom. The molecule has 3 N–H and O–H groups in total. The number of aromatic nitrogens is 6. The second kappa shape index (κ2) is 4.13. The smallest absolute Gasteiger partial charge is 0.244 e. The third kappa shape index (κ3) is 2.11. The van der Waals surface area contributed by atoms with Gasteiger partial charge in [-0.2, -0.15) is 10.1 Å². The van der Waals surface area contributed by atoms with E-state index in [4.69, 9.17) is 5.73 Å². The van der Waals surface area contributed by atoms with Crippen molar-refractivity contribution >= 4 is 5.95 Å². The van der Waals surface area contributed by atoms with Crippen LogP contribution < -0.4 is 10.6 Å². The van der Waals surface area contributed by atoms with Gasteiger partial charge in [-0.25, -0.2) is 9.67 Å². The zero-order valence-electron chi connectivity index (χ0n) is 9.32. The van der Waals surface area contributed by atoms with Crippen molar-refractivity contribution in [2.24, 2.45) is 5.73 Å². The van der Waals surface area contributed by atoms with Gasteiger partial charge in [0.2, 0.25) is 5.95 Å². The number of nitrogens with one attached hydrogen (secondary N) is 1. The number of anilines is 1. The largest absolute Gasteiger partial charge is 0.338 e. The van der Waals surface area contributed by atoms with Gasteiger partial charge in [0.1, 0.15) is 25.0 Å². The molecule has 1 fully saturated rings. The summed E-state index contributed by atoms with van der Waals surface area (Å²) in [6.07, 6.45) is 4.14. The summed E-state index contributed by atoms with van der Waals surface area (Å²) in [4.78, 5) is 10.4. The predicted molar refractivity (Wildman–Crippen MR) is 60.3 cm³/mol. The van der Waals surface area contributed by atoms with E-state index >= 15 is 0 Å². The van der Waals surface area contributed by atoms with E-state index in [0.29, 0.717) is 12.5 Å². The van der Waals surface area contributed by atoms with Crippen molar-refractivity contribution in [3.05, 3.63) is 18.5 Å². The highest BCUT2D eigenvalue weighted by Gasteiger charge is 2.22. The zero-order valence-corrected chi connectivity index (χ0v) is 9.32. The molecule has 0 radical (unpaired) electrons. The lowest BCUT2D eigenvalue weighted by Crippen LogP contribution is -2.27. The molecule has 0 saturated carbocycles. The van der Waals surface area contributed by atoms with E-state index in [1.54, 1.807) is 11.0 Å². The van der Waals surface area contributed by atoms with Crippen molar-refractivity contribution in [3.8, 4) is 0 Å². The van der Waals surface area contributed by atoms with E-state index in [-0.39, 0.29) is 6.04 Å². The van der Waals surface area contributed by atoms with Crippen LogP contribution in [0, 0.1) is 0 Å². The molecule has 8 heteroatoms. The Morgan fingerprint density at radius 1 is 1.53 bits per heavy atom. The number of nitrogens with two attached hydrogens (primary N) is 1. The molecule has 2 aromatic heterocycles. The van der Waals surface area contributed by atoms with E-state index in [0.717, 1.165) is 25.3 Å². The number of H-pyrrole nitrogens is 1. The molecule has 1 aliphatic rings. The van der Waals surface area contributed by atoms with E-state index in [2.05, 4.69) is 30.2 Å². The van der Waals surface area contributed by atoms with E-state index in [9.17, 15) is 0 Å². The Bertz CT molecular complexity index is 475. The first-order valence-electron chi connectivity index (χ1n) is 5.55. The summed E-state index contributed by atoms with van der Waals surface area (Å²) in [6, 6.07) is 0.229. The molecule has 0 aromatic carbocycles. The van der Waals surface area contributed by atoms with Crippen LogP contribution in [0.1, 0.15) is 12.2 Å². The van der Waals surface area contributed by atoms with Crippen molar-refractivity contribution in [3.63, 3.8) is 0 Å². The minimum absolute atomic E-state index is 0.229. The van der Waals surface area contributed by atoms with Crippen LogP contribution in [0.4, 0.5) is 5.95 Å². The molecule has 90 valence electrons. The quantitative estimate of drug-likeness (QED) is 0.705. The number of nitrogens with zero attached hydrogens (tertiary/aromatic N) is 6. The molecule has 0 bridgehead atoms. The SMILES string of the molecule is NC1CCN(c2n[nH]c(Cn3cncn3)n2)C1. The van der Waals surface area contributed by atoms with Crippen LogP contribution in [0.5, 0.6) is 0 Å². The first kappa shape index (κ1) is 10.2. The molecule has 0 spiro atoms. The van der Waals surface area contributed by atoms with Gasteiger partial charge in [-0.1, -0.05) is 0 Å². The Labute approximate surface area is 97.9 Å². The van der Waals surface area contributed by atoms with Gasteiger partial charge in [0, 0.05) is 19.1 Å². The average molecular weight is 234 g/mol. The zero-order chi connectivity index (χ0) is 11.7. The van der Waals surface area contributed by atoms with Crippen LogP contribution in [0.15, 0.2) is 12.7 Å². The van der Waals surface area contributed by atoms with Gasteiger partial charge in [-0.05, 0) is 6.42 Å². The van der Waals surface area contributed by atoms with Crippen LogP contribution in [0.3, 0.4) is 0 Å². The molecule has 1 atom stereocenters. The molecule has 1 unspecified atom stereocenters. The Kier molecular flexibility index (Phi) is 2.48. The minimum atomic E-state index is 0.229. The lowest BCUT2D eigenvalue weighted by molar-refractivity contribution is 0.655. The average Bonchev–Trinajstić information content (AvgIpc) is 2.99. The summed E-state index contributed by atoms with van der Waals surface area (Å²) in [5, 5.41) is 11.1. The molecule has 17 heavy (non-hydrogen) atoms. The van der Waals surface area contributed by atoms with E-state index < -0.39 is 0 Å². The molecular formula is C9H14N8. The summed E-state index contributed by atoms with van der Waals surface area (Å²) in [7, 11) is 0. The molecule has 3 heterocycles. The first-order valence-corrected chi connectivity index (χ1v) is 5.55. The fourth-order valence-electron chi connectivity index (χ4n) is 1.93. The van der Waals surface area contributed by atoms with Crippen molar-refractivity contribution in [1.29, 1.82) is 0 Å². The fourth-order valence-corrected chi connectivity index (χ4v) is 1.93. The highest BCUT2D eigenvalue weighted by atomic mass is 15.4. The monoisotopic (exact) mass is 234 g/mol. The summed E-state index contributed by atoms with van der Waals surface area (Å²) in [6.45, 7) is 2.29. The van der Waals surface area contributed by atoms with Crippen LogP contribution >= 0.6 is 0 Å². The number of hydrogen-bond donors (Lipinski definition) is 2. The Hall–Kier alpha value is -1.96. The van der Waals surface area contributed by atoms with Crippen molar-refractivity contribution in [1.82, 2.24) is 29.9 Å². The normalized spacial score (nSPS) is 20.1. The fraction of sp³-hybridized carbons (Fsp3) is 0.556. The maximum atomic E-state index is 5.85. The number of aromatic amines is 1. The van der Waals surface area contributed by atoms with Gasteiger partial charge in [0.15, 0.2) is 0 Å².